The number of pyridine rings is 1. The Bertz CT molecular complexity index is 978. The van der Waals surface area contributed by atoms with Gasteiger partial charge >= 0.3 is 6.18 Å². The van der Waals surface area contributed by atoms with Gasteiger partial charge in [-0.15, -0.1) is 0 Å². The summed E-state index contributed by atoms with van der Waals surface area (Å²) in [5.74, 6) is -0.0873. The third kappa shape index (κ3) is 5.38. The van der Waals surface area contributed by atoms with Crippen molar-refractivity contribution in [3.05, 3.63) is 75.2 Å². The minimum absolute atomic E-state index is 0.0594. The van der Waals surface area contributed by atoms with Gasteiger partial charge < -0.3 is 15.4 Å². The normalized spacial score (nSPS) is 17.3. The fraction of sp³-hybridized carbons (Fsp3) is 0.364. The molecule has 30 heavy (non-hydrogen) atoms. The second-order valence-electron chi connectivity index (χ2n) is 7.28. The van der Waals surface area contributed by atoms with E-state index in [2.05, 4.69) is 10.3 Å². The second-order valence-corrected chi connectivity index (χ2v) is 7.28. The number of halogens is 3. The van der Waals surface area contributed by atoms with Crippen LogP contribution in [0, 0.1) is 0 Å². The molecule has 8 heteroatoms. The highest BCUT2D eigenvalue weighted by molar-refractivity contribution is 5.82. The summed E-state index contributed by atoms with van der Waals surface area (Å²) in [7, 11) is 0. The van der Waals surface area contributed by atoms with Gasteiger partial charge in [0.1, 0.15) is 0 Å². The summed E-state index contributed by atoms with van der Waals surface area (Å²) in [6.07, 6.45) is 0.0763. The van der Waals surface area contributed by atoms with E-state index in [1.807, 2.05) is 0 Å². The topological polar surface area (TPSA) is 82.2 Å². The summed E-state index contributed by atoms with van der Waals surface area (Å²) in [6.45, 7) is 0.0594. The van der Waals surface area contributed by atoms with Crippen molar-refractivity contribution in [1.29, 1.82) is 0 Å². The van der Waals surface area contributed by atoms with E-state index in [1.165, 1.54) is 12.1 Å². The van der Waals surface area contributed by atoms with Crippen LogP contribution >= 0.6 is 0 Å². The third-order valence-electron chi connectivity index (χ3n) is 5.06. The Morgan fingerprint density at radius 3 is 2.40 bits per heavy atom. The van der Waals surface area contributed by atoms with Gasteiger partial charge in [-0.05, 0) is 49.4 Å². The number of hydrogen-bond acceptors (Lipinski definition) is 3. The fourth-order valence-corrected chi connectivity index (χ4v) is 3.43. The molecule has 0 radical (unpaired) electrons. The summed E-state index contributed by atoms with van der Waals surface area (Å²) in [6, 6.07) is 7.86. The average molecular weight is 420 g/mol. The molecule has 0 unspecified atom stereocenters. The number of rotatable bonds is 7. The van der Waals surface area contributed by atoms with Gasteiger partial charge in [0, 0.05) is 35.9 Å². The highest BCUT2D eigenvalue weighted by Crippen LogP contribution is 2.31. The molecule has 3 N–H and O–H groups in total. The molecule has 1 amide bonds. The van der Waals surface area contributed by atoms with Gasteiger partial charge in [-0.2, -0.15) is 13.2 Å². The molecule has 0 saturated carbocycles. The minimum atomic E-state index is -4.44. The molecule has 0 spiro atoms. The maximum absolute atomic E-state index is 12.9. The number of aryl methyl sites for hydroxylation is 1. The number of nitrogens with one attached hydrogen (secondary N) is 2. The first-order chi connectivity index (χ1) is 14.3. The Hall–Kier alpha value is -2.87. The summed E-state index contributed by atoms with van der Waals surface area (Å²) in [5.41, 5.74) is 1.06. The monoisotopic (exact) mass is 420 g/mol. The molecule has 1 aliphatic heterocycles. The Kier molecular flexibility index (Phi) is 6.77. The standard InChI is InChI=1S/C22H23F3N2O3/c23-22(24,25)16-7-4-14(5-8-16)18(13-17-9-11-20(29)26-17)19-10-6-15(21(30)27-19)3-1-2-12-28/h4-8,10,13,17,28H,1-3,9,11-12H2,(H,26,29)(H,27,30)/b18-13-/t17-/m1/s1. The molecule has 1 aromatic carbocycles. The van der Waals surface area contributed by atoms with Crippen LogP contribution in [0.15, 0.2) is 47.3 Å². The zero-order valence-corrected chi connectivity index (χ0v) is 16.3. The molecule has 0 bridgehead atoms. The van der Waals surface area contributed by atoms with E-state index in [0.717, 1.165) is 12.1 Å². The zero-order chi connectivity index (χ0) is 21.7. The van der Waals surface area contributed by atoms with Crippen LogP contribution in [0.4, 0.5) is 13.2 Å². The van der Waals surface area contributed by atoms with E-state index in [0.29, 0.717) is 54.5 Å². The smallest absolute Gasteiger partial charge is 0.396 e. The second kappa shape index (κ2) is 9.30. The summed E-state index contributed by atoms with van der Waals surface area (Å²) in [4.78, 5) is 26.8. The maximum Gasteiger partial charge on any atom is 0.416 e. The van der Waals surface area contributed by atoms with Crippen LogP contribution in [0.1, 0.15) is 48.1 Å². The Balaban J connectivity index is 1.96. The van der Waals surface area contributed by atoms with Crippen molar-refractivity contribution >= 4 is 11.5 Å². The van der Waals surface area contributed by atoms with Crippen LogP contribution in [0.25, 0.3) is 5.57 Å². The predicted octanol–water partition coefficient (Wildman–Crippen LogP) is 3.42. The molecule has 2 heterocycles. The van der Waals surface area contributed by atoms with Crippen LogP contribution in [0.3, 0.4) is 0 Å². The first kappa shape index (κ1) is 21.8. The van der Waals surface area contributed by atoms with Gasteiger partial charge in [0.15, 0.2) is 0 Å². The number of aliphatic hydroxyl groups is 1. The van der Waals surface area contributed by atoms with Crippen molar-refractivity contribution < 1.29 is 23.1 Å². The highest BCUT2D eigenvalue weighted by atomic mass is 19.4. The largest absolute Gasteiger partial charge is 0.416 e. The lowest BCUT2D eigenvalue weighted by Gasteiger charge is -2.14. The molecule has 0 aliphatic carbocycles. The van der Waals surface area contributed by atoms with Gasteiger partial charge in [-0.3, -0.25) is 9.59 Å². The number of hydrogen-bond donors (Lipinski definition) is 3. The molecule has 1 atom stereocenters. The lowest BCUT2D eigenvalue weighted by molar-refractivity contribution is -0.137. The van der Waals surface area contributed by atoms with Crippen molar-refractivity contribution in [2.24, 2.45) is 0 Å². The third-order valence-corrected chi connectivity index (χ3v) is 5.06. The Morgan fingerprint density at radius 2 is 1.83 bits per heavy atom. The fourth-order valence-electron chi connectivity index (χ4n) is 3.43. The lowest BCUT2D eigenvalue weighted by atomic mass is 9.97. The summed E-state index contributed by atoms with van der Waals surface area (Å²) < 4.78 is 38.7. The summed E-state index contributed by atoms with van der Waals surface area (Å²) >= 11 is 0. The van der Waals surface area contributed by atoms with E-state index < -0.39 is 11.7 Å². The van der Waals surface area contributed by atoms with Gasteiger partial charge in [-0.25, -0.2) is 0 Å². The van der Waals surface area contributed by atoms with Crippen LogP contribution < -0.4 is 10.9 Å². The number of H-pyrrole nitrogens is 1. The number of carbonyl (C=O) groups excluding carboxylic acids is 1. The van der Waals surface area contributed by atoms with Crippen molar-refractivity contribution in [3.63, 3.8) is 0 Å². The Morgan fingerprint density at radius 1 is 1.10 bits per heavy atom. The number of carbonyl (C=O) groups is 1. The quantitative estimate of drug-likeness (QED) is 0.601. The molecule has 1 saturated heterocycles. The Labute approximate surface area is 171 Å². The number of amides is 1. The molecule has 1 aliphatic rings. The number of alkyl halides is 3. The zero-order valence-electron chi connectivity index (χ0n) is 16.3. The van der Waals surface area contributed by atoms with Crippen LogP contribution in [0.5, 0.6) is 0 Å². The molecule has 1 fully saturated rings. The van der Waals surface area contributed by atoms with Crippen molar-refractivity contribution in [1.82, 2.24) is 10.3 Å². The molecule has 160 valence electrons. The molecular formula is C22H23F3N2O3. The molecule has 2 aromatic rings. The van der Waals surface area contributed by atoms with Gasteiger partial charge in [0.2, 0.25) is 5.91 Å². The van der Waals surface area contributed by atoms with Crippen molar-refractivity contribution in [2.75, 3.05) is 6.61 Å². The van der Waals surface area contributed by atoms with E-state index in [4.69, 9.17) is 5.11 Å². The van der Waals surface area contributed by atoms with E-state index in [1.54, 1.807) is 18.2 Å². The van der Waals surface area contributed by atoms with Gasteiger partial charge in [-0.1, -0.05) is 24.3 Å². The minimum Gasteiger partial charge on any atom is -0.396 e. The number of benzene rings is 1. The number of aromatic nitrogens is 1. The van der Waals surface area contributed by atoms with Crippen LogP contribution in [-0.4, -0.2) is 28.6 Å². The maximum atomic E-state index is 12.9. The van der Waals surface area contributed by atoms with Gasteiger partial charge in [0.05, 0.1) is 5.56 Å². The van der Waals surface area contributed by atoms with Crippen molar-refractivity contribution in [2.45, 2.75) is 44.3 Å². The average Bonchev–Trinajstić information content (AvgIpc) is 3.12. The number of aliphatic hydroxyl groups excluding tert-OH is 1. The van der Waals surface area contributed by atoms with E-state index in [-0.39, 0.29) is 24.1 Å². The lowest BCUT2D eigenvalue weighted by Crippen LogP contribution is -2.23. The highest BCUT2D eigenvalue weighted by Gasteiger charge is 2.30. The van der Waals surface area contributed by atoms with E-state index in [9.17, 15) is 22.8 Å². The summed E-state index contributed by atoms with van der Waals surface area (Å²) in [5, 5.41) is 11.7. The number of aromatic amines is 1. The van der Waals surface area contributed by atoms with Crippen molar-refractivity contribution in [3.8, 4) is 0 Å². The molecule has 5 nitrogen and oxygen atoms in total. The first-order valence-corrected chi connectivity index (χ1v) is 9.80. The SMILES string of the molecule is O=C1CC[C@H](/C=C(/c2ccc(C(F)(F)F)cc2)c2ccc(CCCCO)c(=O)[nH]2)N1. The molecule has 3 rings (SSSR count). The number of unbranched alkanes of at least 4 members (excludes halogenated alkanes) is 1. The predicted molar refractivity (Wildman–Crippen MR) is 107 cm³/mol. The van der Waals surface area contributed by atoms with Crippen LogP contribution in [-0.2, 0) is 17.4 Å². The van der Waals surface area contributed by atoms with E-state index >= 15 is 0 Å². The molecule has 1 aromatic heterocycles. The van der Waals surface area contributed by atoms with Gasteiger partial charge in [0.25, 0.3) is 5.56 Å². The van der Waals surface area contributed by atoms with Crippen LogP contribution in [0.2, 0.25) is 0 Å². The first-order valence-electron chi connectivity index (χ1n) is 9.80. The molecular weight excluding hydrogens is 397 g/mol.